The van der Waals surface area contributed by atoms with Gasteiger partial charge in [0.2, 0.25) is 0 Å². The lowest BCUT2D eigenvalue weighted by Gasteiger charge is -2.47. The number of alkyl halides is 3. The molecule has 116 valence electrons. The second-order valence-corrected chi connectivity index (χ2v) is 6.28. The lowest BCUT2D eigenvalue weighted by Crippen LogP contribution is -2.49. The summed E-state index contributed by atoms with van der Waals surface area (Å²) in [6.45, 7) is 3.02. The molecule has 1 aromatic rings. The lowest BCUT2D eigenvalue weighted by atomic mass is 9.59. The van der Waals surface area contributed by atoms with Crippen LogP contribution in [0.15, 0.2) is 18.2 Å². The minimum Gasteiger partial charge on any atom is -0.300 e. The van der Waals surface area contributed by atoms with Crippen molar-refractivity contribution in [1.82, 2.24) is 4.90 Å². The molecule has 2 aliphatic heterocycles. The highest BCUT2D eigenvalue weighted by molar-refractivity contribution is 6.29. The van der Waals surface area contributed by atoms with E-state index in [0.717, 1.165) is 11.6 Å². The van der Waals surface area contributed by atoms with Crippen molar-refractivity contribution in [2.45, 2.75) is 43.7 Å². The van der Waals surface area contributed by atoms with Crippen molar-refractivity contribution in [3.63, 3.8) is 0 Å². The molecule has 0 bridgehead atoms. The molecule has 0 spiro atoms. The van der Waals surface area contributed by atoms with Crippen molar-refractivity contribution in [3.8, 4) is 0 Å². The Morgan fingerprint density at radius 2 is 2.14 bits per heavy atom. The van der Waals surface area contributed by atoms with Crippen LogP contribution in [0.3, 0.4) is 0 Å². The number of carbonyl (C=O) groups excluding carboxylic acids is 1. The van der Waals surface area contributed by atoms with Gasteiger partial charge in [-0.25, -0.2) is 0 Å². The Labute approximate surface area is 129 Å². The summed E-state index contributed by atoms with van der Waals surface area (Å²) in [4.78, 5) is 14.4. The molecule has 2 atom stereocenters. The standard InChI is InChI=1S/C16H17BF3NO/c1-2-15(17)9-21-6-5-10-7-11(16(18,19)20)3-4-12(10)13(21)8-14(15)22/h3-4,7,13H,2,5-6,8-9H2,1H3/t13-,15+/m0/s1. The Bertz CT molecular complexity index is 616. The predicted molar refractivity (Wildman–Crippen MR) is 77.8 cm³/mol. The average Bonchev–Trinajstić information content (AvgIpc) is 2.47. The molecule has 0 aliphatic carbocycles. The zero-order valence-corrected chi connectivity index (χ0v) is 12.4. The molecular weight excluding hydrogens is 290 g/mol. The summed E-state index contributed by atoms with van der Waals surface area (Å²) in [6, 6.07) is 3.72. The van der Waals surface area contributed by atoms with Gasteiger partial charge in [0.25, 0.3) is 0 Å². The van der Waals surface area contributed by atoms with Gasteiger partial charge >= 0.3 is 6.18 Å². The van der Waals surface area contributed by atoms with Crippen molar-refractivity contribution >= 4 is 13.6 Å². The third kappa shape index (κ3) is 2.47. The molecule has 2 aliphatic rings. The number of rotatable bonds is 1. The summed E-state index contributed by atoms with van der Waals surface area (Å²) in [5.74, 6) is 0.00370. The van der Waals surface area contributed by atoms with Crippen LogP contribution in [-0.2, 0) is 17.4 Å². The highest BCUT2D eigenvalue weighted by atomic mass is 19.4. The van der Waals surface area contributed by atoms with Gasteiger partial charge in [0.05, 0.1) is 13.4 Å². The molecule has 6 heteroatoms. The van der Waals surface area contributed by atoms with E-state index in [1.54, 1.807) is 0 Å². The smallest absolute Gasteiger partial charge is 0.300 e. The van der Waals surface area contributed by atoms with Crippen LogP contribution in [0.25, 0.3) is 0 Å². The molecular formula is C16H17BF3NO. The van der Waals surface area contributed by atoms with Gasteiger partial charge in [0.1, 0.15) is 5.78 Å². The van der Waals surface area contributed by atoms with Gasteiger partial charge < -0.3 is 0 Å². The number of benzene rings is 1. The van der Waals surface area contributed by atoms with Crippen LogP contribution < -0.4 is 0 Å². The van der Waals surface area contributed by atoms with E-state index in [-0.39, 0.29) is 18.2 Å². The Morgan fingerprint density at radius 1 is 1.41 bits per heavy atom. The minimum atomic E-state index is -4.33. The second-order valence-electron chi connectivity index (χ2n) is 6.28. The van der Waals surface area contributed by atoms with E-state index < -0.39 is 17.1 Å². The predicted octanol–water partition coefficient (Wildman–Crippen LogP) is 3.31. The monoisotopic (exact) mass is 307 g/mol. The van der Waals surface area contributed by atoms with E-state index in [0.29, 0.717) is 31.5 Å². The van der Waals surface area contributed by atoms with Crippen LogP contribution >= 0.6 is 0 Å². The number of ketones is 1. The van der Waals surface area contributed by atoms with Crippen LogP contribution in [0.4, 0.5) is 13.2 Å². The summed E-state index contributed by atoms with van der Waals surface area (Å²) in [5.41, 5.74) is 0.916. The Kier molecular flexibility index (Phi) is 3.63. The van der Waals surface area contributed by atoms with Gasteiger partial charge in [0.15, 0.2) is 0 Å². The number of hydrogen-bond acceptors (Lipinski definition) is 2. The van der Waals surface area contributed by atoms with E-state index in [9.17, 15) is 18.0 Å². The molecule has 0 aromatic heterocycles. The quantitative estimate of drug-likeness (QED) is 0.742. The van der Waals surface area contributed by atoms with Crippen molar-refractivity contribution in [1.29, 1.82) is 0 Å². The van der Waals surface area contributed by atoms with E-state index >= 15 is 0 Å². The minimum absolute atomic E-state index is 0.00370. The van der Waals surface area contributed by atoms with Gasteiger partial charge in [-0.3, -0.25) is 9.69 Å². The van der Waals surface area contributed by atoms with Crippen LogP contribution in [0.2, 0.25) is 5.31 Å². The van der Waals surface area contributed by atoms with Crippen molar-refractivity contribution < 1.29 is 18.0 Å². The molecule has 0 N–H and O–H groups in total. The van der Waals surface area contributed by atoms with Gasteiger partial charge in [-0.15, -0.1) is 0 Å². The third-order valence-corrected chi connectivity index (χ3v) is 4.99. The van der Waals surface area contributed by atoms with E-state index in [2.05, 4.69) is 4.90 Å². The van der Waals surface area contributed by atoms with Gasteiger partial charge in [-0.1, -0.05) is 19.4 Å². The summed E-state index contributed by atoms with van der Waals surface area (Å²) >= 11 is 0. The number of halogens is 3. The van der Waals surface area contributed by atoms with Crippen molar-refractivity contribution in [2.24, 2.45) is 0 Å². The maximum atomic E-state index is 12.8. The molecule has 0 saturated carbocycles. The number of Topliss-reactive ketones (excluding diaryl/α,β-unsaturated/α-hetero) is 1. The molecule has 2 heterocycles. The zero-order valence-electron chi connectivity index (χ0n) is 12.4. The molecule has 2 nitrogen and oxygen atoms in total. The fourth-order valence-corrected chi connectivity index (χ4v) is 3.51. The van der Waals surface area contributed by atoms with Crippen molar-refractivity contribution in [3.05, 3.63) is 34.9 Å². The van der Waals surface area contributed by atoms with E-state index in [1.165, 1.54) is 12.1 Å². The molecule has 1 saturated heterocycles. The van der Waals surface area contributed by atoms with Crippen LogP contribution in [0, 0.1) is 0 Å². The summed E-state index contributed by atoms with van der Waals surface area (Å²) in [7, 11) is 6.17. The number of piperidine rings is 1. The largest absolute Gasteiger partial charge is 0.416 e. The van der Waals surface area contributed by atoms with Gasteiger partial charge in [0, 0.05) is 30.9 Å². The number of carbonyl (C=O) groups is 1. The van der Waals surface area contributed by atoms with Crippen LogP contribution in [0.5, 0.6) is 0 Å². The first kappa shape index (κ1) is 15.6. The van der Waals surface area contributed by atoms with E-state index in [1.807, 2.05) is 6.92 Å². The third-order valence-electron chi connectivity index (χ3n) is 4.99. The molecule has 2 radical (unpaired) electrons. The summed E-state index contributed by atoms with van der Waals surface area (Å²) < 4.78 is 38.5. The summed E-state index contributed by atoms with van der Waals surface area (Å²) in [5, 5.41) is -0.820. The summed E-state index contributed by atoms with van der Waals surface area (Å²) in [6.07, 6.45) is -2.91. The molecule has 0 amide bonds. The number of fused-ring (bicyclic) bond motifs is 3. The first-order valence-electron chi connectivity index (χ1n) is 7.51. The Hall–Kier alpha value is -1.30. The molecule has 22 heavy (non-hydrogen) atoms. The SMILES string of the molecule is [B][C@]1(CC)CN2CCc3cc(C(F)(F)F)ccc3[C@@H]2CC1=O. The van der Waals surface area contributed by atoms with Crippen molar-refractivity contribution in [2.75, 3.05) is 13.1 Å². The molecule has 1 aromatic carbocycles. The van der Waals surface area contributed by atoms with E-state index in [4.69, 9.17) is 7.85 Å². The highest BCUT2D eigenvalue weighted by Gasteiger charge is 2.43. The van der Waals surface area contributed by atoms with Crippen LogP contribution in [-0.4, -0.2) is 31.6 Å². The lowest BCUT2D eigenvalue weighted by molar-refractivity contribution is -0.137. The zero-order chi connectivity index (χ0) is 16.1. The normalized spacial score (nSPS) is 29.1. The first-order valence-corrected chi connectivity index (χ1v) is 7.51. The van der Waals surface area contributed by atoms with Crippen LogP contribution in [0.1, 0.15) is 42.5 Å². The molecule has 3 rings (SSSR count). The number of hydrogen-bond donors (Lipinski definition) is 0. The van der Waals surface area contributed by atoms with Gasteiger partial charge in [-0.05, 0) is 29.7 Å². The fraction of sp³-hybridized carbons (Fsp3) is 0.562. The maximum Gasteiger partial charge on any atom is 0.416 e. The molecule has 1 fully saturated rings. The molecule has 0 unspecified atom stereocenters. The average molecular weight is 307 g/mol. The Morgan fingerprint density at radius 3 is 2.77 bits per heavy atom. The maximum absolute atomic E-state index is 12.8. The second kappa shape index (κ2) is 5.12. The van der Waals surface area contributed by atoms with Gasteiger partial charge in [-0.2, -0.15) is 13.2 Å². The topological polar surface area (TPSA) is 20.3 Å². The highest BCUT2D eigenvalue weighted by Crippen LogP contribution is 2.45. The Balaban J connectivity index is 1.94. The number of nitrogens with zero attached hydrogens (tertiary/aromatic N) is 1. The fourth-order valence-electron chi connectivity index (χ4n) is 3.51. The first-order chi connectivity index (χ1) is 10.2.